The minimum absolute atomic E-state index is 0.386. The summed E-state index contributed by atoms with van der Waals surface area (Å²) in [7, 11) is 7.88. The van der Waals surface area contributed by atoms with E-state index in [-0.39, 0.29) is 0 Å². The summed E-state index contributed by atoms with van der Waals surface area (Å²) in [6.07, 6.45) is 1.45. The van der Waals surface area contributed by atoms with Crippen LogP contribution in [-0.2, 0) is 6.42 Å². The second-order valence-electron chi connectivity index (χ2n) is 6.64. The number of benzene rings is 1. The predicted octanol–water partition coefficient (Wildman–Crippen LogP) is 2.05. The molecule has 0 atom stereocenters. The topological polar surface area (TPSA) is 86.5 Å². The van der Waals surface area contributed by atoms with E-state index in [0.717, 1.165) is 29.3 Å². The third kappa shape index (κ3) is 4.33. The number of aryl methyl sites for hydroxylation is 2. The quantitative estimate of drug-likeness (QED) is 0.505. The summed E-state index contributed by atoms with van der Waals surface area (Å²) in [6, 6.07) is 10.1. The maximum absolute atomic E-state index is 9.47. The standard InChI is InChI=1S/C19H27N7/c1-14-8-10-15(11-9-14)26-18(21)16(13-20)17(23-26)7-6-12-22-19(24(2)3)25(4)5/h8-11H,6-7,12,21H2,1-5H3. The summed E-state index contributed by atoms with van der Waals surface area (Å²) in [4.78, 5) is 8.56. The van der Waals surface area contributed by atoms with E-state index < -0.39 is 0 Å². The molecule has 0 amide bonds. The lowest BCUT2D eigenvalue weighted by molar-refractivity contribution is 0.479. The zero-order chi connectivity index (χ0) is 19.3. The van der Waals surface area contributed by atoms with E-state index in [9.17, 15) is 5.26 Å². The molecule has 2 rings (SSSR count). The second kappa shape index (κ2) is 8.39. The molecule has 1 aromatic carbocycles. The van der Waals surface area contributed by atoms with Crippen molar-refractivity contribution in [3.8, 4) is 11.8 Å². The van der Waals surface area contributed by atoms with E-state index in [1.54, 1.807) is 4.68 Å². The van der Waals surface area contributed by atoms with Gasteiger partial charge in [0.2, 0.25) is 0 Å². The highest BCUT2D eigenvalue weighted by atomic mass is 15.3. The number of nitriles is 1. The fourth-order valence-electron chi connectivity index (χ4n) is 2.77. The van der Waals surface area contributed by atoms with Crippen LogP contribution in [0, 0.1) is 18.3 Å². The van der Waals surface area contributed by atoms with Crippen LogP contribution in [0.1, 0.15) is 23.2 Å². The number of hydrogen-bond acceptors (Lipinski definition) is 4. The molecule has 7 nitrogen and oxygen atoms in total. The van der Waals surface area contributed by atoms with Gasteiger partial charge in [-0.15, -0.1) is 0 Å². The Balaban J connectivity index is 2.15. The summed E-state index contributed by atoms with van der Waals surface area (Å²) in [5.74, 6) is 1.30. The number of anilines is 1. The van der Waals surface area contributed by atoms with Crippen molar-refractivity contribution in [2.75, 3.05) is 40.5 Å². The molecule has 138 valence electrons. The number of rotatable bonds is 5. The van der Waals surface area contributed by atoms with Crippen LogP contribution in [0.4, 0.5) is 5.82 Å². The average molecular weight is 353 g/mol. The molecule has 0 aliphatic carbocycles. The van der Waals surface area contributed by atoms with Crippen LogP contribution in [0.5, 0.6) is 0 Å². The SMILES string of the molecule is Cc1ccc(-n2nc(CCCN=C(N(C)C)N(C)C)c(C#N)c2N)cc1. The number of hydrogen-bond donors (Lipinski definition) is 1. The molecule has 0 unspecified atom stereocenters. The normalized spacial score (nSPS) is 10.3. The lowest BCUT2D eigenvalue weighted by Crippen LogP contribution is -2.35. The molecule has 0 spiro atoms. The van der Waals surface area contributed by atoms with Gasteiger partial charge in [0.15, 0.2) is 5.96 Å². The first-order valence-corrected chi connectivity index (χ1v) is 8.58. The molecular formula is C19H27N7. The molecule has 26 heavy (non-hydrogen) atoms. The minimum atomic E-state index is 0.386. The van der Waals surface area contributed by atoms with Crippen molar-refractivity contribution in [2.45, 2.75) is 19.8 Å². The van der Waals surface area contributed by atoms with Gasteiger partial charge in [-0.1, -0.05) is 17.7 Å². The molecule has 0 bridgehead atoms. The van der Waals surface area contributed by atoms with Gasteiger partial charge in [-0.2, -0.15) is 10.4 Å². The lowest BCUT2D eigenvalue weighted by Gasteiger charge is -2.22. The van der Waals surface area contributed by atoms with Crippen molar-refractivity contribution in [3.63, 3.8) is 0 Å². The van der Waals surface area contributed by atoms with Crippen LogP contribution in [0.25, 0.3) is 5.69 Å². The van der Waals surface area contributed by atoms with Gasteiger partial charge >= 0.3 is 0 Å². The number of guanidine groups is 1. The number of aliphatic imine (C=N–C) groups is 1. The molecule has 0 aliphatic heterocycles. The second-order valence-corrected chi connectivity index (χ2v) is 6.64. The van der Waals surface area contributed by atoms with E-state index in [0.29, 0.717) is 24.3 Å². The van der Waals surface area contributed by atoms with Crippen LogP contribution in [0.3, 0.4) is 0 Å². The third-order valence-electron chi connectivity index (χ3n) is 4.01. The summed E-state index contributed by atoms with van der Waals surface area (Å²) in [5, 5.41) is 14.0. The first kappa shape index (κ1) is 19.3. The summed E-state index contributed by atoms with van der Waals surface area (Å²) in [5.41, 5.74) is 9.35. The van der Waals surface area contributed by atoms with Gasteiger partial charge in [0, 0.05) is 34.7 Å². The van der Waals surface area contributed by atoms with Crippen LogP contribution in [0.15, 0.2) is 29.3 Å². The van der Waals surface area contributed by atoms with Crippen LogP contribution >= 0.6 is 0 Å². The average Bonchev–Trinajstić information content (AvgIpc) is 2.90. The summed E-state index contributed by atoms with van der Waals surface area (Å²) in [6.45, 7) is 2.69. The van der Waals surface area contributed by atoms with Crippen molar-refractivity contribution < 1.29 is 0 Å². The smallest absolute Gasteiger partial charge is 0.195 e. The van der Waals surface area contributed by atoms with Crippen LogP contribution in [0.2, 0.25) is 0 Å². The number of aromatic nitrogens is 2. The Morgan fingerprint density at radius 1 is 1.19 bits per heavy atom. The molecule has 0 fully saturated rings. The van der Waals surface area contributed by atoms with Gasteiger partial charge in [0.05, 0.1) is 11.4 Å². The lowest BCUT2D eigenvalue weighted by atomic mass is 10.1. The summed E-state index contributed by atoms with van der Waals surface area (Å²) >= 11 is 0. The van der Waals surface area contributed by atoms with Gasteiger partial charge in [-0.3, -0.25) is 4.99 Å². The Morgan fingerprint density at radius 2 is 1.81 bits per heavy atom. The highest BCUT2D eigenvalue weighted by Gasteiger charge is 2.16. The highest BCUT2D eigenvalue weighted by molar-refractivity contribution is 5.79. The van der Waals surface area contributed by atoms with E-state index in [2.05, 4.69) is 16.2 Å². The van der Waals surface area contributed by atoms with Crippen molar-refractivity contribution in [3.05, 3.63) is 41.1 Å². The number of nitrogens with zero attached hydrogens (tertiary/aromatic N) is 6. The molecule has 2 N–H and O–H groups in total. The van der Waals surface area contributed by atoms with Gasteiger partial charge in [0.25, 0.3) is 0 Å². The van der Waals surface area contributed by atoms with Crippen molar-refractivity contribution in [1.82, 2.24) is 19.6 Å². The molecule has 0 saturated carbocycles. The van der Waals surface area contributed by atoms with E-state index in [1.807, 2.05) is 69.2 Å². The maximum atomic E-state index is 9.47. The largest absolute Gasteiger partial charge is 0.382 e. The molecule has 1 heterocycles. The van der Waals surface area contributed by atoms with Gasteiger partial charge in [0.1, 0.15) is 17.5 Å². The van der Waals surface area contributed by atoms with Crippen molar-refractivity contribution >= 4 is 11.8 Å². The molecule has 0 aliphatic rings. The number of nitrogens with two attached hydrogens (primary N) is 1. The minimum Gasteiger partial charge on any atom is -0.382 e. The molecule has 2 aromatic rings. The first-order valence-electron chi connectivity index (χ1n) is 8.58. The Kier molecular flexibility index (Phi) is 6.23. The van der Waals surface area contributed by atoms with E-state index in [1.165, 1.54) is 0 Å². The van der Waals surface area contributed by atoms with Gasteiger partial charge < -0.3 is 15.5 Å². The van der Waals surface area contributed by atoms with Crippen LogP contribution in [-0.4, -0.2) is 60.3 Å². The monoisotopic (exact) mass is 353 g/mol. The van der Waals surface area contributed by atoms with Crippen molar-refractivity contribution in [2.24, 2.45) is 4.99 Å². The fourth-order valence-corrected chi connectivity index (χ4v) is 2.77. The Bertz CT molecular complexity index is 798. The van der Waals surface area contributed by atoms with Gasteiger partial charge in [-0.25, -0.2) is 4.68 Å². The Morgan fingerprint density at radius 3 is 2.35 bits per heavy atom. The molecular weight excluding hydrogens is 326 g/mol. The van der Waals surface area contributed by atoms with Crippen LogP contribution < -0.4 is 5.73 Å². The zero-order valence-electron chi connectivity index (χ0n) is 16.2. The zero-order valence-corrected chi connectivity index (χ0v) is 16.2. The van der Waals surface area contributed by atoms with E-state index >= 15 is 0 Å². The first-order chi connectivity index (χ1) is 12.3. The van der Waals surface area contributed by atoms with Gasteiger partial charge in [-0.05, 0) is 31.9 Å². The third-order valence-corrected chi connectivity index (χ3v) is 4.01. The fraction of sp³-hybridized carbons (Fsp3) is 0.421. The highest BCUT2D eigenvalue weighted by Crippen LogP contribution is 2.21. The van der Waals surface area contributed by atoms with Crippen molar-refractivity contribution in [1.29, 1.82) is 5.26 Å². The molecule has 0 saturated heterocycles. The molecule has 1 aromatic heterocycles. The Hall–Kier alpha value is -3.01. The predicted molar refractivity (Wildman–Crippen MR) is 105 cm³/mol. The molecule has 0 radical (unpaired) electrons. The van der Waals surface area contributed by atoms with E-state index in [4.69, 9.17) is 5.73 Å². The summed E-state index contributed by atoms with van der Waals surface area (Å²) < 4.78 is 1.64. The number of nitrogen functional groups attached to an aromatic ring is 1. The Labute approximate surface area is 155 Å². The molecule has 7 heteroatoms. The maximum Gasteiger partial charge on any atom is 0.195 e.